The summed E-state index contributed by atoms with van der Waals surface area (Å²) in [6, 6.07) is 2.58. The summed E-state index contributed by atoms with van der Waals surface area (Å²) in [5.74, 6) is 0.909. The zero-order valence-electron chi connectivity index (χ0n) is 14.5. The van der Waals surface area contributed by atoms with E-state index >= 15 is 0 Å². The minimum atomic E-state index is -0.145. The highest BCUT2D eigenvalue weighted by Crippen LogP contribution is 2.38. The molecule has 1 unspecified atom stereocenters. The number of anilines is 1. The van der Waals surface area contributed by atoms with Gasteiger partial charge in [-0.15, -0.1) is 11.3 Å². The van der Waals surface area contributed by atoms with Crippen molar-refractivity contribution in [1.29, 1.82) is 0 Å². The van der Waals surface area contributed by atoms with Crippen molar-refractivity contribution in [3.63, 3.8) is 0 Å². The van der Waals surface area contributed by atoms with E-state index in [-0.39, 0.29) is 5.60 Å². The minimum Gasteiger partial charge on any atom is -0.370 e. The maximum atomic E-state index is 5.94. The molecule has 5 nitrogen and oxygen atoms in total. The van der Waals surface area contributed by atoms with Crippen LogP contribution in [0.2, 0.25) is 0 Å². The Bertz CT molecular complexity index is 918. The lowest BCUT2D eigenvalue weighted by atomic mass is 9.95. The molecule has 4 heterocycles. The van der Waals surface area contributed by atoms with E-state index in [1.807, 2.05) is 0 Å². The average Bonchev–Trinajstić information content (AvgIpc) is 2.90. The normalized spacial score (nSPS) is 17.8. The molecule has 126 valence electrons. The number of hydrogen-bond acceptors (Lipinski definition) is 6. The summed E-state index contributed by atoms with van der Waals surface area (Å²) in [4.78, 5) is 14.9. The summed E-state index contributed by atoms with van der Waals surface area (Å²) >= 11 is 1.67. The zero-order chi connectivity index (χ0) is 16.9. The Morgan fingerprint density at radius 1 is 1.38 bits per heavy atom. The van der Waals surface area contributed by atoms with E-state index in [4.69, 9.17) is 9.72 Å². The molecule has 4 rings (SSSR count). The van der Waals surface area contributed by atoms with E-state index < -0.39 is 0 Å². The van der Waals surface area contributed by atoms with Gasteiger partial charge in [-0.2, -0.15) is 0 Å². The smallest absolute Gasteiger partial charge is 0.147 e. The molecular formula is C18H22N4OS. The number of fused-ring (bicyclic) bond motifs is 4. The molecule has 0 spiro atoms. The molecule has 6 heteroatoms. The van der Waals surface area contributed by atoms with Crippen LogP contribution in [0.15, 0.2) is 12.4 Å². The Morgan fingerprint density at radius 3 is 3.00 bits per heavy atom. The quantitative estimate of drug-likeness (QED) is 0.769. The molecule has 3 aromatic heterocycles. The SMILES string of the molecule is CCC(C)Nc1ncnc2c1sc1nc3c(cc12)COC(C)(C)C3. The summed E-state index contributed by atoms with van der Waals surface area (Å²) < 4.78 is 7.02. The number of ether oxygens (including phenoxy) is 1. The molecule has 0 fully saturated rings. The second-order valence-electron chi connectivity index (χ2n) is 7.13. The van der Waals surface area contributed by atoms with Crippen molar-refractivity contribution in [1.82, 2.24) is 15.0 Å². The Balaban J connectivity index is 1.87. The molecule has 24 heavy (non-hydrogen) atoms. The van der Waals surface area contributed by atoms with Gasteiger partial charge < -0.3 is 10.1 Å². The van der Waals surface area contributed by atoms with Gasteiger partial charge in [0.1, 0.15) is 17.0 Å². The number of aromatic nitrogens is 3. The molecule has 0 aliphatic carbocycles. The monoisotopic (exact) mass is 342 g/mol. The molecule has 0 bridgehead atoms. The van der Waals surface area contributed by atoms with Gasteiger partial charge in [0.15, 0.2) is 0 Å². The molecule has 0 aromatic carbocycles. The average molecular weight is 342 g/mol. The maximum absolute atomic E-state index is 5.94. The Labute approximate surface area is 145 Å². The molecule has 1 atom stereocenters. The van der Waals surface area contributed by atoms with Crippen molar-refractivity contribution in [2.24, 2.45) is 0 Å². The van der Waals surface area contributed by atoms with E-state index in [1.54, 1.807) is 17.7 Å². The van der Waals surface area contributed by atoms with Crippen LogP contribution in [0.3, 0.4) is 0 Å². The maximum Gasteiger partial charge on any atom is 0.147 e. The number of thiophene rings is 1. The third-order valence-corrected chi connectivity index (χ3v) is 5.72. The van der Waals surface area contributed by atoms with Crippen molar-refractivity contribution in [3.05, 3.63) is 23.7 Å². The highest BCUT2D eigenvalue weighted by Gasteiger charge is 2.28. The van der Waals surface area contributed by atoms with Crippen molar-refractivity contribution in [2.75, 3.05) is 5.32 Å². The van der Waals surface area contributed by atoms with Crippen LogP contribution in [0, 0.1) is 0 Å². The van der Waals surface area contributed by atoms with E-state index in [9.17, 15) is 0 Å². The molecule has 1 aliphatic rings. The van der Waals surface area contributed by atoms with Gasteiger partial charge in [-0.25, -0.2) is 15.0 Å². The van der Waals surface area contributed by atoms with Gasteiger partial charge in [0.25, 0.3) is 0 Å². The van der Waals surface area contributed by atoms with Crippen molar-refractivity contribution < 1.29 is 4.74 Å². The molecule has 0 amide bonds. The topological polar surface area (TPSA) is 59.9 Å². The Hall–Kier alpha value is -1.79. The van der Waals surface area contributed by atoms with Crippen molar-refractivity contribution >= 4 is 37.6 Å². The summed E-state index contributed by atoms with van der Waals surface area (Å²) in [6.07, 6.45) is 3.53. The van der Waals surface area contributed by atoms with Crippen LogP contribution in [-0.2, 0) is 17.8 Å². The van der Waals surface area contributed by atoms with Crippen LogP contribution in [0.25, 0.3) is 20.4 Å². The fourth-order valence-electron chi connectivity index (χ4n) is 3.02. The van der Waals surface area contributed by atoms with Gasteiger partial charge in [-0.3, -0.25) is 0 Å². The first-order valence-corrected chi connectivity index (χ1v) is 9.25. The standard InChI is InChI=1S/C18H22N4OS/c1-5-10(2)21-16-15-14(19-9-20-16)12-6-11-8-23-18(3,4)7-13(11)22-17(12)24-15/h6,9-10H,5,7-8H2,1-4H3,(H,19,20,21). The first kappa shape index (κ1) is 15.7. The summed E-state index contributed by atoms with van der Waals surface area (Å²) in [7, 11) is 0. The first-order valence-electron chi connectivity index (χ1n) is 8.43. The molecule has 0 saturated heterocycles. The lowest BCUT2D eigenvalue weighted by Crippen LogP contribution is -2.32. The summed E-state index contributed by atoms with van der Waals surface area (Å²) in [5.41, 5.74) is 3.16. The molecular weight excluding hydrogens is 320 g/mol. The Morgan fingerprint density at radius 2 is 2.21 bits per heavy atom. The summed E-state index contributed by atoms with van der Waals surface area (Å²) in [5, 5.41) is 4.59. The van der Waals surface area contributed by atoms with Crippen LogP contribution in [0.5, 0.6) is 0 Å². The second-order valence-corrected chi connectivity index (χ2v) is 8.13. The largest absolute Gasteiger partial charge is 0.370 e. The van der Waals surface area contributed by atoms with E-state index in [0.717, 1.165) is 44.8 Å². The number of pyridine rings is 1. The van der Waals surface area contributed by atoms with Crippen LogP contribution in [0.4, 0.5) is 5.82 Å². The van der Waals surface area contributed by atoms with Crippen LogP contribution < -0.4 is 5.32 Å². The predicted molar refractivity (Wildman–Crippen MR) is 98.7 cm³/mol. The van der Waals surface area contributed by atoms with Crippen molar-refractivity contribution in [3.8, 4) is 0 Å². The van der Waals surface area contributed by atoms with E-state index in [2.05, 4.69) is 49.0 Å². The predicted octanol–water partition coefficient (Wildman–Crippen LogP) is 4.30. The van der Waals surface area contributed by atoms with E-state index in [0.29, 0.717) is 12.6 Å². The third kappa shape index (κ3) is 2.63. The summed E-state index contributed by atoms with van der Waals surface area (Å²) in [6.45, 7) is 9.18. The molecule has 0 saturated carbocycles. The van der Waals surface area contributed by atoms with Gasteiger partial charge in [-0.05, 0) is 33.3 Å². The fourth-order valence-corrected chi connectivity index (χ4v) is 4.11. The molecule has 1 N–H and O–H groups in total. The van der Waals surface area contributed by atoms with Crippen molar-refractivity contribution in [2.45, 2.75) is 58.8 Å². The number of hydrogen-bond donors (Lipinski definition) is 1. The highest BCUT2D eigenvalue weighted by atomic mass is 32.1. The number of nitrogens with one attached hydrogen (secondary N) is 1. The molecule has 3 aromatic rings. The Kier molecular flexibility index (Phi) is 3.69. The lowest BCUT2D eigenvalue weighted by molar-refractivity contribution is -0.0411. The van der Waals surface area contributed by atoms with Gasteiger partial charge >= 0.3 is 0 Å². The van der Waals surface area contributed by atoms with Gasteiger partial charge in [0.2, 0.25) is 0 Å². The number of nitrogens with zero attached hydrogens (tertiary/aromatic N) is 3. The molecule has 1 aliphatic heterocycles. The van der Waals surface area contributed by atoms with Gasteiger partial charge in [-0.1, -0.05) is 6.92 Å². The number of rotatable bonds is 3. The highest BCUT2D eigenvalue weighted by molar-refractivity contribution is 7.25. The second kappa shape index (κ2) is 5.63. The third-order valence-electron chi connectivity index (χ3n) is 4.62. The lowest BCUT2D eigenvalue weighted by Gasteiger charge is -2.30. The fraction of sp³-hybridized carbons (Fsp3) is 0.500. The minimum absolute atomic E-state index is 0.145. The van der Waals surface area contributed by atoms with Gasteiger partial charge in [0, 0.05) is 23.4 Å². The van der Waals surface area contributed by atoms with Crippen LogP contribution in [-0.4, -0.2) is 26.6 Å². The molecule has 0 radical (unpaired) electrons. The van der Waals surface area contributed by atoms with Gasteiger partial charge in [0.05, 0.1) is 28.1 Å². The first-order chi connectivity index (χ1) is 11.5. The zero-order valence-corrected chi connectivity index (χ0v) is 15.3. The van der Waals surface area contributed by atoms with Crippen LogP contribution in [0.1, 0.15) is 45.4 Å². The van der Waals surface area contributed by atoms with Crippen LogP contribution >= 0.6 is 11.3 Å². The van der Waals surface area contributed by atoms with E-state index in [1.165, 1.54) is 5.56 Å².